The van der Waals surface area contributed by atoms with E-state index in [9.17, 15) is 4.79 Å². The highest BCUT2D eigenvalue weighted by atomic mass is 16.5. The van der Waals surface area contributed by atoms with E-state index in [-0.39, 0.29) is 0 Å². The average molecular weight is 306 g/mol. The van der Waals surface area contributed by atoms with Crippen LogP contribution in [0.2, 0.25) is 0 Å². The zero-order chi connectivity index (χ0) is 17.0. The van der Waals surface area contributed by atoms with E-state index in [1.165, 1.54) is 0 Å². The van der Waals surface area contributed by atoms with Crippen LogP contribution in [0, 0.1) is 39.2 Å². The minimum atomic E-state index is 0.624. The van der Waals surface area contributed by atoms with Gasteiger partial charge in [0.1, 0.15) is 5.75 Å². The van der Waals surface area contributed by atoms with Crippen molar-refractivity contribution in [3.8, 4) is 12.0 Å². The lowest BCUT2D eigenvalue weighted by molar-refractivity contribution is 0.498. The first-order valence-corrected chi connectivity index (χ1v) is 7.30. The first-order chi connectivity index (χ1) is 11.0. The van der Waals surface area contributed by atoms with Gasteiger partial charge < -0.3 is 4.74 Å². The molecule has 0 unspecified atom stereocenters. The molecule has 0 radical (unpaired) electrons. The van der Waals surface area contributed by atoms with Crippen molar-refractivity contribution in [3.63, 3.8) is 0 Å². The molecule has 0 spiro atoms. The minimum absolute atomic E-state index is 0.624. The Kier molecular flexibility index (Phi) is 4.95. The van der Waals surface area contributed by atoms with Gasteiger partial charge in [0.25, 0.3) is 6.26 Å². The highest BCUT2D eigenvalue weighted by molar-refractivity contribution is 5.59. The van der Waals surface area contributed by atoms with Crippen LogP contribution >= 0.6 is 0 Å². The Labute approximate surface area is 136 Å². The second-order valence-corrected chi connectivity index (χ2v) is 5.71. The quantitative estimate of drug-likeness (QED) is 0.479. The van der Waals surface area contributed by atoms with E-state index in [2.05, 4.69) is 4.99 Å². The lowest BCUT2D eigenvalue weighted by Gasteiger charge is -2.12. The molecule has 2 aromatic rings. The molecular formula is C19H18N2O2. The molecule has 0 aromatic heterocycles. The third kappa shape index (κ3) is 3.66. The topological polar surface area (TPSA) is 62.4 Å². The molecular weight excluding hydrogens is 288 g/mol. The molecule has 116 valence electrons. The van der Waals surface area contributed by atoms with Crippen LogP contribution in [-0.4, -0.2) is 6.08 Å². The molecule has 0 aliphatic carbocycles. The molecule has 0 heterocycles. The third-order valence-corrected chi connectivity index (χ3v) is 3.78. The zero-order valence-electron chi connectivity index (χ0n) is 13.7. The van der Waals surface area contributed by atoms with Crippen molar-refractivity contribution in [1.29, 1.82) is 5.26 Å². The van der Waals surface area contributed by atoms with Gasteiger partial charge in [-0.1, -0.05) is 24.3 Å². The van der Waals surface area contributed by atoms with E-state index >= 15 is 0 Å². The van der Waals surface area contributed by atoms with Gasteiger partial charge in [-0.25, -0.2) is 4.79 Å². The Morgan fingerprint density at radius 2 is 1.43 bits per heavy atom. The highest BCUT2D eigenvalue weighted by Gasteiger charge is 2.09. The predicted octanol–water partition coefficient (Wildman–Crippen LogP) is 4.34. The van der Waals surface area contributed by atoms with Crippen LogP contribution in [0.15, 0.2) is 29.3 Å². The van der Waals surface area contributed by atoms with E-state index in [1.54, 1.807) is 12.3 Å². The molecule has 0 amide bonds. The molecule has 0 aliphatic rings. The summed E-state index contributed by atoms with van der Waals surface area (Å²) in [5, 5.41) is 8.70. The van der Waals surface area contributed by atoms with Gasteiger partial charge in [0.2, 0.25) is 6.08 Å². The van der Waals surface area contributed by atoms with Gasteiger partial charge in [-0.3, -0.25) is 0 Å². The summed E-state index contributed by atoms with van der Waals surface area (Å²) < 4.78 is 5.01. The van der Waals surface area contributed by atoms with Crippen molar-refractivity contribution in [2.45, 2.75) is 34.1 Å². The molecule has 0 saturated carbocycles. The van der Waals surface area contributed by atoms with Crippen LogP contribution < -0.4 is 4.74 Å². The monoisotopic (exact) mass is 306 g/mol. The van der Waals surface area contributed by atoms with Gasteiger partial charge in [0, 0.05) is 0 Å². The van der Waals surface area contributed by atoms with E-state index in [0.717, 1.165) is 39.8 Å². The number of aryl methyl sites for hydroxylation is 4. The van der Waals surface area contributed by atoms with Gasteiger partial charge in [-0.2, -0.15) is 4.99 Å². The van der Waals surface area contributed by atoms with Gasteiger partial charge in [-0.15, -0.1) is 5.26 Å². The Hall–Kier alpha value is -2.89. The lowest BCUT2D eigenvalue weighted by atomic mass is 9.96. The first kappa shape index (κ1) is 16.5. The van der Waals surface area contributed by atoms with Crippen LogP contribution in [0.3, 0.4) is 0 Å². The maximum atomic E-state index is 10.5. The summed E-state index contributed by atoms with van der Waals surface area (Å²) in [5.41, 5.74) is 6.79. The summed E-state index contributed by atoms with van der Waals surface area (Å²) in [6.45, 7) is 7.74. The van der Waals surface area contributed by atoms with Crippen molar-refractivity contribution in [1.82, 2.24) is 0 Å². The Morgan fingerprint density at radius 1 is 0.957 bits per heavy atom. The fourth-order valence-electron chi connectivity index (χ4n) is 2.95. The van der Waals surface area contributed by atoms with Crippen molar-refractivity contribution in [2.75, 3.05) is 0 Å². The maximum Gasteiger partial charge on any atom is 0.292 e. The summed E-state index contributed by atoms with van der Waals surface area (Å²) >= 11 is 0. The van der Waals surface area contributed by atoms with Crippen LogP contribution in [0.25, 0.3) is 0 Å². The second kappa shape index (κ2) is 6.91. The molecule has 4 heteroatoms. The number of hydrogen-bond donors (Lipinski definition) is 0. The number of hydrogen-bond acceptors (Lipinski definition) is 4. The van der Waals surface area contributed by atoms with Crippen LogP contribution in [0.4, 0.5) is 5.69 Å². The molecule has 0 atom stereocenters. The third-order valence-electron chi connectivity index (χ3n) is 3.78. The van der Waals surface area contributed by atoms with Crippen molar-refractivity contribution in [2.24, 2.45) is 4.99 Å². The molecule has 0 fully saturated rings. The van der Waals surface area contributed by atoms with Crippen molar-refractivity contribution >= 4 is 11.8 Å². The Morgan fingerprint density at radius 3 is 1.87 bits per heavy atom. The normalized spacial score (nSPS) is 9.87. The Balaban J connectivity index is 2.37. The zero-order valence-corrected chi connectivity index (χ0v) is 13.7. The molecule has 23 heavy (non-hydrogen) atoms. The highest BCUT2D eigenvalue weighted by Crippen LogP contribution is 2.28. The molecule has 0 N–H and O–H groups in total. The lowest BCUT2D eigenvalue weighted by Crippen LogP contribution is -1.96. The minimum Gasteiger partial charge on any atom is -0.387 e. The SMILES string of the molecule is Cc1cc(Cc2cc(C)c(OC#N)c(C)c2)cc(C)c1N=C=O. The number of isocyanates is 1. The van der Waals surface area contributed by atoms with Gasteiger partial charge in [-0.05, 0) is 67.5 Å². The number of aliphatic imine (C=N–C) groups is 1. The largest absolute Gasteiger partial charge is 0.387 e. The van der Waals surface area contributed by atoms with Crippen molar-refractivity contribution < 1.29 is 9.53 Å². The summed E-state index contributed by atoms with van der Waals surface area (Å²) in [7, 11) is 0. The van der Waals surface area contributed by atoms with E-state index in [4.69, 9.17) is 10.00 Å². The fraction of sp³-hybridized carbons (Fsp3) is 0.263. The Bertz CT molecular complexity index is 795. The molecule has 2 aromatic carbocycles. The van der Waals surface area contributed by atoms with Gasteiger partial charge in [0.15, 0.2) is 0 Å². The van der Waals surface area contributed by atoms with Crippen LogP contribution in [0.1, 0.15) is 33.4 Å². The van der Waals surface area contributed by atoms with Crippen molar-refractivity contribution in [3.05, 3.63) is 57.6 Å². The smallest absolute Gasteiger partial charge is 0.292 e. The van der Waals surface area contributed by atoms with E-state index in [0.29, 0.717) is 11.4 Å². The summed E-state index contributed by atoms with van der Waals surface area (Å²) in [6.07, 6.45) is 4.09. The van der Waals surface area contributed by atoms with E-state index in [1.807, 2.05) is 52.0 Å². The van der Waals surface area contributed by atoms with Crippen LogP contribution in [0.5, 0.6) is 5.75 Å². The first-order valence-electron chi connectivity index (χ1n) is 7.30. The predicted molar refractivity (Wildman–Crippen MR) is 88.7 cm³/mol. The molecule has 4 nitrogen and oxygen atoms in total. The second-order valence-electron chi connectivity index (χ2n) is 5.71. The van der Waals surface area contributed by atoms with Gasteiger partial charge >= 0.3 is 0 Å². The number of ether oxygens (including phenoxy) is 1. The fourth-order valence-corrected chi connectivity index (χ4v) is 2.95. The number of benzene rings is 2. The maximum absolute atomic E-state index is 10.5. The summed E-state index contributed by atoms with van der Waals surface area (Å²) in [5.74, 6) is 0.624. The number of nitrogens with zero attached hydrogens (tertiary/aromatic N) is 2. The standard InChI is InChI=1S/C19H18N2O2/c1-12-5-16(6-13(2)18(12)21-11-22)9-17-7-14(3)19(23-10-20)15(4)8-17/h5-8H,9H2,1-4H3. The summed E-state index contributed by atoms with van der Waals surface area (Å²) in [4.78, 5) is 14.2. The summed E-state index contributed by atoms with van der Waals surface area (Å²) in [6, 6.07) is 8.13. The molecule has 0 bridgehead atoms. The number of rotatable bonds is 4. The molecule has 0 saturated heterocycles. The number of carbonyl (C=O) groups excluding carboxylic acids is 1. The average Bonchev–Trinajstić information content (AvgIpc) is 2.47. The molecule has 2 rings (SSSR count). The molecule has 0 aliphatic heterocycles. The van der Waals surface area contributed by atoms with Crippen LogP contribution in [-0.2, 0) is 11.2 Å². The number of nitriles is 1. The van der Waals surface area contributed by atoms with Gasteiger partial charge in [0.05, 0.1) is 5.69 Å². The van der Waals surface area contributed by atoms with E-state index < -0.39 is 0 Å².